The van der Waals surface area contributed by atoms with Crippen LogP contribution >= 0.6 is 11.6 Å². The first kappa shape index (κ1) is 28.8. The molecule has 6 nitrogen and oxygen atoms in total. The zero-order chi connectivity index (χ0) is 26.0. The van der Waals surface area contributed by atoms with E-state index >= 15 is 0 Å². The summed E-state index contributed by atoms with van der Waals surface area (Å²) < 4.78 is 55.0. The van der Waals surface area contributed by atoms with Gasteiger partial charge in [0, 0.05) is 37.4 Å². The standard InChI is InChI=1S/C26H35ClF3NO5/c27-23-17-24(32)22(18-36-20-7-5-6-19(16-20)26(28,29)30)21(23)8-3-1-2-4-9-25(33)35-15-12-31-10-13-34-14-11-31/h1,3,5-7,16,21-24,32H,2,4,8-15,17-18H2/b3-1-/t21-,22-,23-,24-/m1/s1. The zero-order valence-electron chi connectivity index (χ0n) is 20.3. The summed E-state index contributed by atoms with van der Waals surface area (Å²) >= 11 is 6.45. The van der Waals surface area contributed by atoms with Gasteiger partial charge in [-0.1, -0.05) is 18.2 Å². The fraction of sp³-hybridized carbons (Fsp3) is 0.654. The molecule has 202 valence electrons. The van der Waals surface area contributed by atoms with E-state index in [1.807, 2.05) is 12.2 Å². The van der Waals surface area contributed by atoms with Gasteiger partial charge in [0.25, 0.3) is 0 Å². The molecular weight excluding hydrogens is 499 g/mol. The minimum atomic E-state index is -4.44. The van der Waals surface area contributed by atoms with E-state index < -0.39 is 17.8 Å². The molecule has 1 aliphatic heterocycles. The Morgan fingerprint density at radius 3 is 2.75 bits per heavy atom. The molecule has 0 spiro atoms. The number of unbranched alkanes of at least 4 members (excludes halogenated alkanes) is 1. The lowest BCUT2D eigenvalue weighted by molar-refractivity contribution is -0.144. The number of aliphatic hydroxyl groups excluding tert-OH is 1. The van der Waals surface area contributed by atoms with Crippen LogP contribution in [0.25, 0.3) is 0 Å². The van der Waals surface area contributed by atoms with Crippen molar-refractivity contribution in [2.45, 2.75) is 49.8 Å². The number of hydrogen-bond acceptors (Lipinski definition) is 6. The fourth-order valence-electron chi connectivity index (χ4n) is 4.57. The first-order chi connectivity index (χ1) is 17.2. The van der Waals surface area contributed by atoms with Crippen molar-refractivity contribution >= 4 is 17.6 Å². The molecule has 0 bridgehead atoms. The second-order valence-electron chi connectivity index (χ2n) is 9.26. The lowest BCUT2D eigenvalue weighted by atomic mass is 9.92. The van der Waals surface area contributed by atoms with Gasteiger partial charge >= 0.3 is 12.1 Å². The Balaban J connectivity index is 1.35. The third-order valence-electron chi connectivity index (χ3n) is 6.68. The average Bonchev–Trinajstić information content (AvgIpc) is 3.12. The van der Waals surface area contributed by atoms with Gasteiger partial charge in [-0.15, -0.1) is 11.6 Å². The smallest absolute Gasteiger partial charge is 0.416 e. The molecule has 1 aromatic carbocycles. The maximum atomic E-state index is 12.9. The number of carbonyl (C=O) groups excluding carboxylic acids is 1. The van der Waals surface area contributed by atoms with Gasteiger partial charge in [0.15, 0.2) is 0 Å². The number of halogens is 4. The number of hydrogen-bond donors (Lipinski definition) is 1. The van der Waals surface area contributed by atoms with Crippen molar-refractivity contribution in [3.63, 3.8) is 0 Å². The summed E-state index contributed by atoms with van der Waals surface area (Å²) in [7, 11) is 0. The maximum absolute atomic E-state index is 12.9. The van der Waals surface area contributed by atoms with Crippen LogP contribution in [0.15, 0.2) is 36.4 Å². The van der Waals surface area contributed by atoms with E-state index in [1.54, 1.807) is 0 Å². The molecule has 0 aromatic heterocycles. The lowest BCUT2D eigenvalue weighted by Crippen LogP contribution is -2.38. The Bertz CT molecular complexity index is 847. The van der Waals surface area contributed by atoms with Crippen LogP contribution in [0.5, 0.6) is 5.75 Å². The van der Waals surface area contributed by atoms with Crippen molar-refractivity contribution in [2.24, 2.45) is 11.8 Å². The number of nitrogens with zero attached hydrogens (tertiary/aromatic N) is 1. The van der Waals surface area contributed by atoms with Gasteiger partial charge in [-0.3, -0.25) is 9.69 Å². The Morgan fingerprint density at radius 2 is 2.00 bits per heavy atom. The van der Waals surface area contributed by atoms with Crippen LogP contribution < -0.4 is 4.74 Å². The Kier molecular flexibility index (Phi) is 11.4. The Morgan fingerprint density at radius 1 is 1.22 bits per heavy atom. The van der Waals surface area contributed by atoms with Crippen molar-refractivity contribution in [2.75, 3.05) is 46.1 Å². The van der Waals surface area contributed by atoms with E-state index in [9.17, 15) is 23.1 Å². The van der Waals surface area contributed by atoms with Gasteiger partial charge < -0.3 is 19.3 Å². The van der Waals surface area contributed by atoms with Crippen LogP contribution in [0.1, 0.15) is 37.7 Å². The number of carbonyl (C=O) groups is 1. The van der Waals surface area contributed by atoms with Crippen molar-refractivity contribution in [1.82, 2.24) is 4.90 Å². The third-order valence-corrected chi connectivity index (χ3v) is 7.18. The lowest BCUT2D eigenvalue weighted by Gasteiger charge is -2.26. The molecule has 1 saturated carbocycles. The molecule has 36 heavy (non-hydrogen) atoms. The molecule has 1 heterocycles. The van der Waals surface area contributed by atoms with Gasteiger partial charge in [-0.25, -0.2) is 0 Å². The van der Waals surface area contributed by atoms with Crippen LogP contribution in [0, 0.1) is 11.8 Å². The summed E-state index contributed by atoms with van der Waals surface area (Å²) in [6.45, 7) is 4.35. The summed E-state index contributed by atoms with van der Waals surface area (Å²) in [5, 5.41) is 10.2. The minimum absolute atomic E-state index is 0.0612. The summed E-state index contributed by atoms with van der Waals surface area (Å²) in [5.41, 5.74) is -0.775. The van der Waals surface area contributed by atoms with E-state index in [4.69, 9.17) is 25.8 Å². The molecule has 2 fully saturated rings. The first-order valence-electron chi connectivity index (χ1n) is 12.5. The number of benzene rings is 1. The number of morpholine rings is 1. The predicted molar refractivity (Wildman–Crippen MR) is 130 cm³/mol. The van der Waals surface area contributed by atoms with Crippen molar-refractivity contribution < 1.29 is 37.3 Å². The van der Waals surface area contributed by atoms with Gasteiger partial charge in [0.1, 0.15) is 12.4 Å². The van der Waals surface area contributed by atoms with Crippen LogP contribution in [0.4, 0.5) is 13.2 Å². The summed E-state index contributed by atoms with van der Waals surface area (Å²) in [4.78, 5) is 14.1. The van der Waals surface area contributed by atoms with Crippen molar-refractivity contribution in [3.8, 4) is 5.75 Å². The van der Waals surface area contributed by atoms with Crippen LogP contribution in [0.3, 0.4) is 0 Å². The Hall–Kier alpha value is -1.81. The molecular formula is C26H35ClF3NO5. The van der Waals surface area contributed by atoms with E-state index in [0.717, 1.165) is 31.8 Å². The van der Waals surface area contributed by atoms with Gasteiger partial charge in [-0.05, 0) is 49.8 Å². The molecule has 0 amide bonds. The molecule has 1 aromatic rings. The molecule has 0 radical (unpaired) electrons. The Labute approximate surface area is 215 Å². The van der Waals surface area contributed by atoms with Crippen LogP contribution in [0.2, 0.25) is 0 Å². The summed E-state index contributed by atoms with van der Waals surface area (Å²) in [6, 6.07) is 4.72. The molecule has 10 heteroatoms. The number of aliphatic hydroxyl groups is 1. The highest BCUT2D eigenvalue weighted by Gasteiger charge is 2.41. The van der Waals surface area contributed by atoms with Crippen LogP contribution in [-0.2, 0) is 20.4 Å². The largest absolute Gasteiger partial charge is 0.493 e. The zero-order valence-corrected chi connectivity index (χ0v) is 21.1. The highest BCUT2D eigenvalue weighted by Crippen LogP contribution is 2.39. The van der Waals surface area contributed by atoms with E-state index in [1.165, 1.54) is 12.1 Å². The normalized spacial score (nSPS) is 25.4. The highest BCUT2D eigenvalue weighted by atomic mass is 35.5. The van der Waals surface area contributed by atoms with Crippen LogP contribution in [-0.4, -0.2) is 73.5 Å². The van der Waals surface area contributed by atoms with Gasteiger partial charge in [-0.2, -0.15) is 13.2 Å². The molecule has 3 rings (SSSR count). The SMILES string of the molecule is O=C(CCC/C=C\C[C@@H]1[C@@H](COc2cccc(C(F)(F)F)c2)[C@H](O)C[C@H]1Cl)OCCN1CCOCC1. The molecule has 2 aliphatic rings. The summed E-state index contributed by atoms with van der Waals surface area (Å²) in [5.74, 6) is -0.439. The summed E-state index contributed by atoms with van der Waals surface area (Å²) in [6.07, 6.45) is 1.61. The number of rotatable bonds is 12. The minimum Gasteiger partial charge on any atom is -0.493 e. The molecule has 1 aliphatic carbocycles. The van der Waals surface area contributed by atoms with Crippen molar-refractivity contribution in [3.05, 3.63) is 42.0 Å². The topological polar surface area (TPSA) is 68.2 Å². The number of allylic oxidation sites excluding steroid dienone is 2. The average molecular weight is 534 g/mol. The second kappa shape index (κ2) is 14.2. The van der Waals surface area contributed by atoms with E-state index in [-0.39, 0.29) is 35.5 Å². The number of esters is 1. The second-order valence-corrected chi connectivity index (χ2v) is 9.82. The number of alkyl halides is 4. The third kappa shape index (κ3) is 9.25. The monoisotopic (exact) mass is 533 g/mol. The molecule has 1 N–H and O–H groups in total. The van der Waals surface area contributed by atoms with Crippen molar-refractivity contribution in [1.29, 1.82) is 0 Å². The van der Waals surface area contributed by atoms with E-state index in [0.29, 0.717) is 51.9 Å². The van der Waals surface area contributed by atoms with Gasteiger partial charge in [0.2, 0.25) is 0 Å². The maximum Gasteiger partial charge on any atom is 0.416 e. The molecule has 4 atom stereocenters. The molecule has 1 saturated heterocycles. The molecule has 0 unspecified atom stereocenters. The predicted octanol–water partition coefficient (Wildman–Crippen LogP) is 4.68. The van der Waals surface area contributed by atoms with Gasteiger partial charge in [0.05, 0.1) is 31.5 Å². The quantitative estimate of drug-likeness (QED) is 0.182. The van der Waals surface area contributed by atoms with E-state index in [2.05, 4.69) is 4.90 Å². The fourth-order valence-corrected chi connectivity index (χ4v) is 5.04. The number of ether oxygens (including phenoxy) is 3. The highest BCUT2D eigenvalue weighted by molar-refractivity contribution is 6.21. The first-order valence-corrected chi connectivity index (χ1v) is 12.9.